The summed E-state index contributed by atoms with van der Waals surface area (Å²) in [6.45, 7) is 0.976. The smallest absolute Gasteiger partial charge is 0.0402 e. The highest BCUT2D eigenvalue weighted by Gasteiger charge is 2.06. The Bertz CT molecular complexity index is 254. The van der Waals surface area contributed by atoms with Crippen LogP contribution < -0.4 is 5.32 Å². The van der Waals surface area contributed by atoms with E-state index in [9.17, 15) is 0 Å². The fourth-order valence-electron chi connectivity index (χ4n) is 1.17. The van der Waals surface area contributed by atoms with Crippen LogP contribution in [0.3, 0.4) is 0 Å². The van der Waals surface area contributed by atoms with E-state index in [0.29, 0.717) is 0 Å². The van der Waals surface area contributed by atoms with Crippen LogP contribution in [0.5, 0.6) is 0 Å². The molecule has 0 amide bonds. The van der Waals surface area contributed by atoms with Crippen molar-refractivity contribution in [2.75, 3.05) is 6.54 Å². The number of allylic oxidation sites excluding steroid dienone is 5. The normalized spacial score (nSPS) is 20.8. The zero-order valence-corrected chi connectivity index (χ0v) is 5.67. The van der Waals surface area contributed by atoms with Crippen LogP contribution in [0.15, 0.2) is 47.7 Å². The van der Waals surface area contributed by atoms with Crippen molar-refractivity contribution < 1.29 is 0 Å². The third-order valence-corrected chi connectivity index (χ3v) is 1.72. The molecule has 0 aromatic rings. The van der Waals surface area contributed by atoms with Gasteiger partial charge in [-0.3, -0.25) is 0 Å². The minimum atomic E-state index is 0.976. The summed E-state index contributed by atoms with van der Waals surface area (Å²) in [5.74, 6) is 0. The van der Waals surface area contributed by atoms with Crippen molar-refractivity contribution in [2.24, 2.45) is 0 Å². The fourth-order valence-corrected chi connectivity index (χ4v) is 1.17. The van der Waals surface area contributed by atoms with Crippen LogP contribution in [-0.4, -0.2) is 6.54 Å². The van der Waals surface area contributed by atoms with Crippen LogP contribution in [0.25, 0.3) is 0 Å². The van der Waals surface area contributed by atoms with Crippen LogP contribution in [0.1, 0.15) is 0 Å². The van der Waals surface area contributed by atoms with Crippen molar-refractivity contribution in [3.8, 4) is 0 Å². The quantitative estimate of drug-likeness (QED) is 0.525. The number of fused-ring (bicyclic) bond motifs is 1. The van der Waals surface area contributed by atoms with Crippen molar-refractivity contribution in [3.05, 3.63) is 47.7 Å². The standard InChI is InChI=1S/C9H9N/c1-2-4-8-6-10-7-9(8)5-3-1/h1-6,10H,7H2. The topological polar surface area (TPSA) is 12.0 Å². The lowest BCUT2D eigenvalue weighted by molar-refractivity contribution is 1.01. The Balaban J connectivity index is 2.42. The maximum Gasteiger partial charge on any atom is 0.0402 e. The molecule has 1 nitrogen and oxygen atoms in total. The summed E-state index contributed by atoms with van der Waals surface area (Å²) in [4.78, 5) is 0. The van der Waals surface area contributed by atoms with E-state index in [1.807, 2.05) is 6.08 Å². The van der Waals surface area contributed by atoms with Crippen molar-refractivity contribution >= 4 is 0 Å². The molecule has 1 N–H and O–H groups in total. The van der Waals surface area contributed by atoms with Crippen molar-refractivity contribution in [1.29, 1.82) is 0 Å². The van der Waals surface area contributed by atoms with Gasteiger partial charge in [-0.1, -0.05) is 30.4 Å². The molecule has 0 radical (unpaired) electrons. The molecule has 0 saturated carbocycles. The van der Waals surface area contributed by atoms with Gasteiger partial charge in [0.05, 0.1) is 0 Å². The first kappa shape index (κ1) is 5.54. The Labute approximate surface area is 60.4 Å². The molecule has 0 aromatic carbocycles. The van der Waals surface area contributed by atoms with Crippen LogP contribution >= 0.6 is 0 Å². The molecule has 0 atom stereocenters. The van der Waals surface area contributed by atoms with Crippen molar-refractivity contribution in [2.45, 2.75) is 0 Å². The number of nitrogens with one attached hydrogen (secondary N) is 1. The molecule has 1 heteroatoms. The molecule has 50 valence electrons. The lowest BCUT2D eigenvalue weighted by Crippen LogP contribution is -1.99. The van der Waals surface area contributed by atoms with Gasteiger partial charge >= 0.3 is 0 Å². The van der Waals surface area contributed by atoms with Gasteiger partial charge in [-0.2, -0.15) is 0 Å². The molecule has 0 unspecified atom stereocenters. The van der Waals surface area contributed by atoms with Gasteiger partial charge < -0.3 is 5.32 Å². The minimum absolute atomic E-state index is 0.976. The Morgan fingerprint density at radius 1 is 1.20 bits per heavy atom. The summed E-state index contributed by atoms with van der Waals surface area (Å²) in [6, 6.07) is 0. The highest BCUT2D eigenvalue weighted by atomic mass is 14.9. The van der Waals surface area contributed by atoms with Gasteiger partial charge in [0.25, 0.3) is 0 Å². The Hall–Kier alpha value is -1.24. The van der Waals surface area contributed by atoms with E-state index >= 15 is 0 Å². The predicted octanol–water partition coefficient (Wildman–Crippen LogP) is 1.53. The maximum absolute atomic E-state index is 3.18. The van der Waals surface area contributed by atoms with E-state index < -0.39 is 0 Å². The van der Waals surface area contributed by atoms with E-state index in [0.717, 1.165) is 6.54 Å². The second-order valence-electron chi connectivity index (χ2n) is 2.42. The van der Waals surface area contributed by atoms with Gasteiger partial charge in [0, 0.05) is 12.7 Å². The van der Waals surface area contributed by atoms with Gasteiger partial charge in [0.15, 0.2) is 0 Å². The van der Waals surface area contributed by atoms with Crippen LogP contribution in [0.4, 0.5) is 0 Å². The molecule has 0 spiro atoms. The average Bonchev–Trinajstić information content (AvgIpc) is 2.28. The Kier molecular flexibility index (Phi) is 1.21. The van der Waals surface area contributed by atoms with Gasteiger partial charge in [-0.05, 0) is 11.1 Å². The van der Waals surface area contributed by atoms with E-state index in [1.165, 1.54) is 11.1 Å². The summed E-state index contributed by atoms with van der Waals surface area (Å²) in [6.07, 6.45) is 12.5. The second-order valence-corrected chi connectivity index (χ2v) is 2.42. The monoisotopic (exact) mass is 131 g/mol. The highest BCUT2D eigenvalue weighted by Crippen LogP contribution is 2.16. The van der Waals surface area contributed by atoms with E-state index in [2.05, 4.69) is 35.8 Å². The molecule has 1 heterocycles. The van der Waals surface area contributed by atoms with E-state index in [-0.39, 0.29) is 0 Å². The van der Waals surface area contributed by atoms with Crippen LogP contribution in [-0.2, 0) is 0 Å². The molecule has 0 fully saturated rings. The summed E-state index contributed by atoms with van der Waals surface area (Å²) in [5.41, 5.74) is 2.69. The molecule has 2 aliphatic rings. The molecular weight excluding hydrogens is 122 g/mol. The molecule has 0 saturated heterocycles. The minimum Gasteiger partial charge on any atom is -0.386 e. The summed E-state index contributed by atoms with van der Waals surface area (Å²) in [5, 5.41) is 3.18. The van der Waals surface area contributed by atoms with E-state index in [1.54, 1.807) is 0 Å². The lowest BCUT2D eigenvalue weighted by Gasteiger charge is -1.93. The number of hydrogen-bond acceptors (Lipinski definition) is 1. The first-order valence-corrected chi connectivity index (χ1v) is 3.45. The first-order chi connectivity index (χ1) is 4.97. The second kappa shape index (κ2) is 2.18. The maximum atomic E-state index is 3.18. The van der Waals surface area contributed by atoms with E-state index in [4.69, 9.17) is 0 Å². The summed E-state index contributed by atoms with van der Waals surface area (Å²) < 4.78 is 0. The molecule has 1 aliphatic heterocycles. The number of rotatable bonds is 0. The van der Waals surface area contributed by atoms with Gasteiger partial charge in [0.1, 0.15) is 0 Å². The van der Waals surface area contributed by atoms with Crippen molar-refractivity contribution in [3.63, 3.8) is 0 Å². The SMILES string of the molecule is C1=CC=C2CNC=C2C=C1. The van der Waals surface area contributed by atoms with Crippen molar-refractivity contribution in [1.82, 2.24) is 5.32 Å². The molecule has 0 aromatic heterocycles. The van der Waals surface area contributed by atoms with Crippen LogP contribution in [0.2, 0.25) is 0 Å². The molecule has 2 rings (SSSR count). The predicted molar refractivity (Wildman–Crippen MR) is 42.4 cm³/mol. The largest absolute Gasteiger partial charge is 0.386 e. The van der Waals surface area contributed by atoms with Gasteiger partial charge in [-0.15, -0.1) is 0 Å². The fraction of sp³-hybridized carbons (Fsp3) is 0.111. The van der Waals surface area contributed by atoms with Crippen LogP contribution in [0, 0.1) is 0 Å². The summed E-state index contributed by atoms with van der Waals surface area (Å²) >= 11 is 0. The Morgan fingerprint density at radius 2 is 2.20 bits per heavy atom. The molecule has 1 aliphatic carbocycles. The molecule has 10 heavy (non-hydrogen) atoms. The molecule has 0 bridgehead atoms. The average molecular weight is 131 g/mol. The molecular formula is C9H9N. The zero-order chi connectivity index (χ0) is 6.81. The Morgan fingerprint density at radius 3 is 3.20 bits per heavy atom. The first-order valence-electron chi connectivity index (χ1n) is 3.45. The zero-order valence-electron chi connectivity index (χ0n) is 5.67. The lowest BCUT2D eigenvalue weighted by atomic mass is 10.1. The third kappa shape index (κ3) is 0.798. The highest BCUT2D eigenvalue weighted by molar-refractivity contribution is 5.48. The van der Waals surface area contributed by atoms with Gasteiger partial charge in [-0.25, -0.2) is 0 Å². The summed E-state index contributed by atoms with van der Waals surface area (Å²) in [7, 11) is 0. The van der Waals surface area contributed by atoms with Gasteiger partial charge in [0.2, 0.25) is 0 Å². The third-order valence-electron chi connectivity index (χ3n) is 1.72. The number of hydrogen-bond donors (Lipinski definition) is 1.